The highest BCUT2D eigenvalue weighted by molar-refractivity contribution is 7.92. The number of rotatable bonds is 12. The minimum absolute atomic E-state index is 0.0364. The van der Waals surface area contributed by atoms with Gasteiger partial charge in [-0.3, -0.25) is 4.79 Å². The molecule has 37 heavy (non-hydrogen) atoms. The fourth-order valence-electron chi connectivity index (χ4n) is 4.47. The smallest absolute Gasteiger partial charge is 0.303 e. The second kappa shape index (κ2) is 12.0. The topological polar surface area (TPSA) is 78.8 Å². The quantitative estimate of drug-likeness (QED) is 0.259. The van der Waals surface area contributed by atoms with Crippen molar-refractivity contribution in [1.82, 2.24) is 0 Å². The maximum absolute atomic E-state index is 14.8. The maximum Gasteiger partial charge on any atom is 0.303 e. The third-order valence-corrected chi connectivity index (χ3v) is 8.25. The first-order chi connectivity index (χ1) is 17.7. The molecule has 4 rings (SSSR count). The molecule has 7 heteroatoms. The molecular weight excluding hydrogens is 491 g/mol. The fourth-order valence-corrected chi connectivity index (χ4v) is 5.64. The number of ether oxygens (including phenoxy) is 2. The van der Waals surface area contributed by atoms with E-state index in [9.17, 15) is 18.8 Å². The summed E-state index contributed by atoms with van der Waals surface area (Å²) in [7, 11) is 1.52. The Morgan fingerprint density at radius 1 is 1.08 bits per heavy atom. The number of halogens is 1. The summed E-state index contributed by atoms with van der Waals surface area (Å²) in [6.07, 6.45) is 3.32. The van der Waals surface area contributed by atoms with E-state index in [0.717, 1.165) is 17.5 Å². The van der Waals surface area contributed by atoms with Gasteiger partial charge < -0.3 is 19.1 Å². The van der Waals surface area contributed by atoms with Crippen LogP contribution in [0.25, 0.3) is 11.1 Å². The van der Waals surface area contributed by atoms with Crippen LogP contribution in [-0.2, 0) is 22.6 Å². The highest BCUT2D eigenvalue weighted by Crippen LogP contribution is 2.40. The molecule has 3 aromatic rings. The Morgan fingerprint density at radius 3 is 2.54 bits per heavy atom. The molecule has 1 fully saturated rings. The van der Waals surface area contributed by atoms with Gasteiger partial charge in [0.15, 0.2) is 4.90 Å². The van der Waals surface area contributed by atoms with E-state index >= 15 is 0 Å². The van der Waals surface area contributed by atoms with Crippen LogP contribution in [0.5, 0.6) is 11.5 Å². The highest BCUT2D eigenvalue weighted by atomic mass is 32.2. The number of benzene rings is 3. The molecule has 0 bridgehead atoms. The number of carbonyl (C=O) groups is 1. The van der Waals surface area contributed by atoms with Gasteiger partial charge in [0.2, 0.25) is 0 Å². The van der Waals surface area contributed by atoms with Gasteiger partial charge in [-0.1, -0.05) is 31.0 Å². The zero-order valence-corrected chi connectivity index (χ0v) is 22.2. The first kappa shape index (κ1) is 27.0. The minimum atomic E-state index is -1.36. The number of hydrogen-bond acceptors (Lipinski definition) is 4. The molecule has 1 N–H and O–H groups in total. The molecule has 0 spiro atoms. The Kier molecular flexibility index (Phi) is 8.77. The zero-order valence-electron chi connectivity index (χ0n) is 21.4. The first-order valence-corrected chi connectivity index (χ1v) is 13.8. The molecule has 3 aromatic carbocycles. The molecule has 0 amide bonds. The molecule has 0 radical (unpaired) electrons. The molecule has 1 aliphatic carbocycles. The second-order valence-electron chi connectivity index (χ2n) is 9.86. The number of carboxylic acids is 1. The van der Waals surface area contributed by atoms with Crippen LogP contribution in [0.4, 0.5) is 4.39 Å². The third kappa shape index (κ3) is 7.05. The van der Waals surface area contributed by atoms with Crippen molar-refractivity contribution in [2.75, 3.05) is 7.11 Å². The SMILES string of the molecule is COc1ccc(F)c(-c2ccc(COc3cccc([C@H](CC(=O)O)CC4CC4)c3)cc2[S@@+]([O-])C(C)C)c1. The van der Waals surface area contributed by atoms with Crippen molar-refractivity contribution in [3.8, 4) is 22.6 Å². The molecule has 196 valence electrons. The molecule has 1 aliphatic rings. The Morgan fingerprint density at radius 2 is 1.86 bits per heavy atom. The summed E-state index contributed by atoms with van der Waals surface area (Å²) in [5, 5.41) is 9.22. The van der Waals surface area contributed by atoms with Crippen molar-refractivity contribution < 1.29 is 28.3 Å². The van der Waals surface area contributed by atoms with Gasteiger partial charge in [-0.15, -0.1) is 0 Å². The fraction of sp³-hybridized carbons (Fsp3) is 0.367. The molecule has 1 saturated carbocycles. The van der Waals surface area contributed by atoms with Crippen molar-refractivity contribution in [1.29, 1.82) is 0 Å². The molecule has 0 aliphatic heterocycles. The summed E-state index contributed by atoms with van der Waals surface area (Å²) in [4.78, 5) is 12.0. The summed E-state index contributed by atoms with van der Waals surface area (Å²) in [5.74, 6) is 0.541. The van der Waals surface area contributed by atoms with Gasteiger partial charge >= 0.3 is 5.97 Å². The van der Waals surface area contributed by atoms with Crippen molar-refractivity contribution in [2.45, 2.75) is 62.2 Å². The van der Waals surface area contributed by atoms with E-state index in [1.54, 1.807) is 18.2 Å². The van der Waals surface area contributed by atoms with Crippen LogP contribution in [0, 0.1) is 11.7 Å². The molecule has 5 nitrogen and oxygen atoms in total. The summed E-state index contributed by atoms with van der Waals surface area (Å²) in [6, 6.07) is 17.6. The van der Waals surface area contributed by atoms with Gasteiger partial charge in [0.25, 0.3) is 0 Å². The average Bonchev–Trinajstić information content (AvgIpc) is 3.71. The van der Waals surface area contributed by atoms with E-state index in [4.69, 9.17) is 9.47 Å². The number of carboxylic acid groups (broad SMARTS) is 1. The second-order valence-corrected chi connectivity index (χ2v) is 11.8. The third-order valence-electron chi connectivity index (χ3n) is 6.63. The largest absolute Gasteiger partial charge is 0.611 e. The molecule has 0 heterocycles. The van der Waals surface area contributed by atoms with Gasteiger partial charge in [0.05, 0.1) is 13.5 Å². The van der Waals surface area contributed by atoms with Crippen LogP contribution in [-0.4, -0.2) is 28.0 Å². The van der Waals surface area contributed by atoms with Crippen LogP contribution in [0.1, 0.15) is 56.6 Å². The monoisotopic (exact) mass is 524 g/mol. The summed E-state index contributed by atoms with van der Waals surface area (Å²) in [6.45, 7) is 3.97. The average molecular weight is 525 g/mol. The van der Waals surface area contributed by atoms with E-state index in [1.807, 2.05) is 50.2 Å². The lowest BCUT2D eigenvalue weighted by Crippen LogP contribution is -2.16. The standard InChI is InChI=1S/C30H33FO5S/c1-19(2)37(34)29-14-21(9-11-26(29)27-17-24(35-3)10-12-28(27)31)18-36-25-6-4-5-22(15-25)23(16-30(32)33)13-20-7-8-20/h4-6,9-12,14-15,17,19-20,23H,7-8,13,16,18H2,1-3H3,(H,32,33)/t23-,37-/m0/s1. The molecule has 2 atom stereocenters. The van der Waals surface area contributed by atoms with Gasteiger partial charge in [-0.05, 0) is 90.8 Å². The number of aliphatic carboxylic acids is 1. The normalized spacial score (nSPS) is 14.9. The lowest BCUT2D eigenvalue weighted by molar-refractivity contribution is -0.137. The van der Waals surface area contributed by atoms with Crippen LogP contribution < -0.4 is 9.47 Å². The molecule has 0 saturated heterocycles. The number of methoxy groups -OCH3 is 1. The predicted molar refractivity (Wildman–Crippen MR) is 143 cm³/mol. The van der Waals surface area contributed by atoms with Crippen molar-refractivity contribution in [2.24, 2.45) is 5.92 Å². The lowest BCUT2D eigenvalue weighted by atomic mass is 9.90. The predicted octanol–water partition coefficient (Wildman–Crippen LogP) is 6.95. The van der Waals surface area contributed by atoms with E-state index in [1.165, 1.54) is 26.0 Å². The molecular formula is C30H33FO5S. The highest BCUT2D eigenvalue weighted by Gasteiger charge is 2.28. The molecule has 0 aromatic heterocycles. The van der Waals surface area contributed by atoms with Crippen LogP contribution in [0.15, 0.2) is 65.6 Å². The minimum Gasteiger partial charge on any atom is -0.611 e. The van der Waals surface area contributed by atoms with Crippen molar-refractivity contribution in [3.05, 3.63) is 77.6 Å². The van der Waals surface area contributed by atoms with E-state index in [2.05, 4.69) is 0 Å². The summed E-state index contributed by atoms with van der Waals surface area (Å²) >= 11 is -1.36. The van der Waals surface area contributed by atoms with E-state index < -0.39 is 23.0 Å². The Bertz CT molecular complexity index is 1240. The van der Waals surface area contributed by atoms with Crippen molar-refractivity contribution >= 4 is 17.1 Å². The number of hydrogen-bond donors (Lipinski definition) is 1. The Balaban J connectivity index is 1.57. The lowest BCUT2D eigenvalue weighted by Gasteiger charge is -2.19. The summed E-state index contributed by atoms with van der Waals surface area (Å²) in [5.41, 5.74) is 2.67. The molecule has 0 unspecified atom stereocenters. The Hall–Kier alpha value is -3.03. The zero-order chi connectivity index (χ0) is 26.5. The van der Waals surface area contributed by atoms with Gasteiger partial charge in [0, 0.05) is 17.2 Å². The van der Waals surface area contributed by atoms with Crippen LogP contribution >= 0.6 is 0 Å². The van der Waals surface area contributed by atoms with Crippen LogP contribution in [0.2, 0.25) is 0 Å². The Labute approximate surface area is 220 Å². The van der Waals surface area contributed by atoms with Gasteiger partial charge in [0.1, 0.15) is 29.2 Å². The van der Waals surface area contributed by atoms with E-state index in [0.29, 0.717) is 33.4 Å². The van der Waals surface area contributed by atoms with Gasteiger partial charge in [-0.2, -0.15) is 0 Å². The van der Waals surface area contributed by atoms with E-state index in [-0.39, 0.29) is 24.2 Å². The van der Waals surface area contributed by atoms with Crippen LogP contribution in [0.3, 0.4) is 0 Å². The van der Waals surface area contributed by atoms with Crippen molar-refractivity contribution in [3.63, 3.8) is 0 Å². The maximum atomic E-state index is 14.8. The summed E-state index contributed by atoms with van der Waals surface area (Å²) < 4.78 is 39.3. The van der Waals surface area contributed by atoms with Gasteiger partial charge in [-0.25, -0.2) is 4.39 Å². The first-order valence-electron chi connectivity index (χ1n) is 12.6.